The maximum Gasteiger partial charge on any atom is 0.410 e. The summed E-state index contributed by atoms with van der Waals surface area (Å²) in [6.07, 6.45) is -1.38. The number of hydrogen-bond acceptors (Lipinski definition) is 4. The Kier molecular flexibility index (Phi) is 4.53. The van der Waals surface area contributed by atoms with Crippen LogP contribution < -0.4 is 10.6 Å². The van der Waals surface area contributed by atoms with Crippen LogP contribution in [0.4, 0.5) is 9.59 Å². The van der Waals surface area contributed by atoms with E-state index in [2.05, 4.69) is 10.6 Å². The summed E-state index contributed by atoms with van der Waals surface area (Å²) in [7, 11) is 2.85. The van der Waals surface area contributed by atoms with Crippen molar-refractivity contribution in [2.45, 2.75) is 12.7 Å². The van der Waals surface area contributed by atoms with Crippen LogP contribution in [0.1, 0.15) is 12.5 Å². The molecule has 0 spiro atoms. The van der Waals surface area contributed by atoms with Gasteiger partial charge in [0.15, 0.2) is 0 Å². The minimum atomic E-state index is -1.48. The highest BCUT2D eigenvalue weighted by molar-refractivity contribution is 5.69. The van der Waals surface area contributed by atoms with Crippen molar-refractivity contribution in [3.8, 4) is 0 Å². The summed E-state index contributed by atoms with van der Waals surface area (Å²) in [4.78, 5) is 22.7. The molecule has 0 aliphatic heterocycles. The Morgan fingerprint density at radius 1 is 1.00 bits per heavy atom. The van der Waals surface area contributed by atoms with Crippen molar-refractivity contribution in [3.05, 3.63) is 35.9 Å². The van der Waals surface area contributed by atoms with E-state index < -0.39 is 18.0 Å². The summed E-state index contributed by atoms with van der Waals surface area (Å²) in [6.45, 7) is 1.49. The van der Waals surface area contributed by atoms with E-state index in [0.29, 0.717) is 5.56 Å². The third-order valence-corrected chi connectivity index (χ3v) is 2.28. The van der Waals surface area contributed by atoms with Crippen molar-refractivity contribution in [2.24, 2.45) is 0 Å². The summed E-state index contributed by atoms with van der Waals surface area (Å²) in [5.74, 6) is -1.48. The maximum atomic E-state index is 11.3. The van der Waals surface area contributed by atoms with Crippen LogP contribution >= 0.6 is 0 Å². The van der Waals surface area contributed by atoms with Crippen LogP contribution in [0.5, 0.6) is 0 Å². The van der Waals surface area contributed by atoms with E-state index in [1.807, 2.05) is 6.07 Å². The molecule has 0 unspecified atom stereocenters. The Bertz CT molecular complexity index is 401. The van der Waals surface area contributed by atoms with Crippen LogP contribution in [0.25, 0.3) is 0 Å². The normalized spacial score (nSPS) is 10.4. The van der Waals surface area contributed by atoms with Crippen LogP contribution in [-0.4, -0.2) is 26.3 Å². The lowest BCUT2D eigenvalue weighted by Gasteiger charge is -2.28. The second-order valence-corrected chi connectivity index (χ2v) is 3.59. The topological polar surface area (TPSA) is 76.7 Å². The minimum absolute atomic E-state index is 0.553. The first kappa shape index (κ1) is 13.8. The number of nitrogens with one attached hydrogen (secondary N) is 2. The molecule has 0 atom stereocenters. The number of amides is 2. The molecule has 0 saturated heterocycles. The van der Waals surface area contributed by atoms with Gasteiger partial charge >= 0.3 is 12.2 Å². The molecule has 18 heavy (non-hydrogen) atoms. The van der Waals surface area contributed by atoms with E-state index in [0.717, 1.165) is 0 Å². The number of carbonyl (C=O) groups excluding carboxylic acids is 2. The van der Waals surface area contributed by atoms with Gasteiger partial charge in [0, 0.05) is 26.6 Å². The van der Waals surface area contributed by atoms with Gasteiger partial charge in [-0.3, -0.25) is 0 Å². The number of alkyl carbamates (subject to hydrolysis) is 2. The molecule has 0 aromatic heterocycles. The molecular formula is C12H16N2O4. The number of carbonyl (C=O) groups is 2. The van der Waals surface area contributed by atoms with Gasteiger partial charge in [0.05, 0.1) is 0 Å². The molecule has 2 N–H and O–H groups in total. The fraction of sp³-hybridized carbons (Fsp3) is 0.333. The molecule has 0 heterocycles. The molecule has 0 saturated carbocycles. The van der Waals surface area contributed by atoms with E-state index >= 15 is 0 Å². The molecule has 1 aromatic rings. The van der Waals surface area contributed by atoms with Gasteiger partial charge in [-0.2, -0.15) is 0 Å². The highest BCUT2D eigenvalue weighted by Crippen LogP contribution is 2.27. The summed E-state index contributed by atoms with van der Waals surface area (Å²) in [6, 6.07) is 8.73. The molecule has 0 aliphatic rings. The summed E-state index contributed by atoms with van der Waals surface area (Å²) in [5.41, 5.74) is 0.553. The second kappa shape index (κ2) is 5.90. The predicted molar refractivity (Wildman–Crippen MR) is 64.9 cm³/mol. The zero-order valence-electron chi connectivity index (χ0n) is 10.5. The summed E-state index contributed by atoms with van der Waals surface area (Å²) in [5, 5.41) is 4.62. The van der Waals surface area contributed by atoms with Crippen molar-refractivity contribution >= 4 is 12.2 Å². The molecule has 0 fully saturated rings. The van der Waals surface area contributed by atoms with E-state index in [1.165, 1.54) is 21.0 Å². The molecule has 98 valence electrons. The maximum absolute atomic E-state index is 11.3. The van der Waals surface area contributed by atoms with E-state index in [1.54, 1.807) is 24.3 Å². The van der Waals surface area contributed by atoms with Gasteiger partial charge in [0.2, 0.25) is 0 Å². The molecule has 1 aromatic carbocycles. The summed E-state index contributed by atoms with van der Waals surface area (Å²) >= 11 is 0. The number of benzene rings is 1. The highest BCUT2D eigenvalue weighted by Gasteiger charge is 2.35. The third-order valence-electron chi connectivity index (χ3n) is 2.28. The van der Waals surface area contributed by atoms with Gasteiger partial charge in [0.1, 0.15) is 0 Å². The number of ether oxygens (including phenoxy) is 2. The summed E-state index contributed by atoms with van der Waals surface area (Å²) < 4.78 is 10.2. The first-order valence-corrected chi connectivity index (χ1v) is 5.39. The Hall–Kier alpha value is -2.24. The van der Waals surface area contributed by atoms with Crippen LogP contribution in [0.2, 0.25) is 0 Å². The van der Waals surface area contributed by atoms with Gasteiger partial charge in [0.25, 0.3) is 5.79 Å². The molecule has 6 nitrogen and oxygen atoms in total. The first-order valence-electron chi connectivity index (χ1n) is 5.39. The first-order chi connectivity index (χ1) is 8.51. The molecule has 6 heteroatoms. The van der Waals surface area contributed by atoms with Crippen molar-refractivity contribution in [3.63, 3.8) is 0 Å². The zero-order chi connectivity index (χ0) is 13.6. The fourth-order valence-corrected chi connectivity index (χ4v) is 1.34. The van der Waals surface area contributed by atoms with E-state index in [-0.39, 0.29) is 0 Å². The quantitative estimate of drug-likeness (QED) is 0.800. The van der Waals surface area contributed by atoms with Gasteiger partial charge in [-0.25, -0.2) is 9.59 Å². The lowest BCUT2D eigenvalue weighted by Crippen LogP contribution is -2.39. The molecule has 0 aliphatic carbocycles. The van der Waals surface area contributed by atoms with Gasteiger partial charge in [-0.05, 0) is 0 Å². The van der Waals surface area contributed by atoms with Crippen LogP contribution in [0.3, 0.4) is 0 Å². The van der Waals surface area contributed by atoms with Crippen LogP contribution in [0, 0.1) is 0 Å². The second-order valence-electron chi connectivity index (χ2n) is 3.59. The SMILES string of the molecule is CNC(=O)OC(C)(OC(=O)NC)c1ccccc1. The molecular weight excluding hydrogens is 236 g/mol. The Morgan fingerprint density at radius 2 is 1.44 bits per heavy atom. The van der Waals surface area contributed by atoms with Crippen LogP contribution in [0.15, 0.2) is 30.3 Å². The zero-order valence-corrected chi connectivity index (χ0v) is 10.5. The standard InChI is InChI=1S/C12H16N2O4/c1-12(17-10(15)13-2,18-11(16)14-3)9-7-5-4-6-8-9/h4-8H,1-3H3,(H,13,15)(H,14,16). The van der Waals surface area contributed by atoms with Crippen molar-refractivity contribution in [2.75, 3.05) is 14.1 Å². The largest absolute Gasteiger partial charge is 0.410 e. The lowest BCUT2D eigenvalue weighted by atomic mass is 10.1. The smallest absolute Gasteiger partial charge is 0.402 e. The predicted octanol–water partition coefficient (Wildman–Crippen LogP) is 1.57. The molecule has 0 bridgehead atoms. The Balaban J connectivity index is 3.00. The van der Waals surface area contributed by atoms with E-state index in [9.17, 15) is 9.59 Å². The van der Waals surface area contributed by atoms with Gasteiger partial charge in [-0.1, -0.05) is 30.3 Å². The average molecular weight is 252 g/mol. The average Bonchev–Trinajstić information content (AvgIpc) is 2.39. The monoisotopic (exact) mass is 252 g/mol. The van der Waals surface area contributed by atoms with Crippen molar-refractivity contribution in [1.29, 1.82) is 0 Å². The number of hydrogen-bond donors (Lipinski definition) is 2. The molecule has 2 amide bonds. The van der Waals surface area contributed by atoms with E-state index in [4.69, 9.17) is 9.47 Å². The minimum Gasteiger partial charge on any atom is -0.402 e. The van der Waals surface area contributed by atoms with Crippen LogP contribution in [-0.2, 0) is 15.3 Å². The van der Waals surface area contributed by atoms with Crippen molar-refractivity contribution in [1.82, 2.24) is 10.6 Å². The van der Waals surface area contributed by atoms with Gasteiger partial charge in [-0.15, -0.1) is 0 Å². The highest BCUT2D eigenvalue weighted by atomic mass is 16.7. The number of rotatable bonds is 3. The Labute approximate surface area is 105 Å². The van der Waals surface area contributed by atoms with Crippen molar-refractivity contribution < 1.29 is 19.1 Å². The third kappa shape index (κ3) is 3.38. The fourth-order valence-electron chi connectivity index (χ4n) is 1.34. The Morgan fingerprint density at radius 3 is 1.83 bits per heavy atom. The molecule has 0 radical (unpaired) electrons. The lowest BCUT2D eigenvalue weighted by molar-refractivity contribution is -0.155. The van der Waals surface area contributed by atoms with Gasteiger partial charge < -0.3 is 20.1 Å². The molecule has 1 rings (SSSR count).